The number of nitrogens with zero attached hydrogens (tertiary/aromatic N) is 1. The van der Waals surface area contributed by atoms with E-state index in [0.717, 1.165) is 25.7 Å². The average Bonchev–Trinajstić information content (AvgIpc) is 2.87. The summed E-state index contributed by atoms with van der Waals surface area (Å²) in [7, 11) is 0. The van der Waals surface area contributed by atoms with E-state index in [1.54, 1.807) is 23.1 Å². The van der Waals surface area contributed by atoms with Crippen LogP contribution in [-0.2, 0) is 4.79 Å². The first-order valence-electron chi connectivity index (χ1n) is 8.43. The molecule has 2 fully saturated rings. The number of carbonyl (C=O) groups is 1. The first kappa shape index (κ1) is 18.5. The molecule has 0 radical (unpaired) electrons. The Morgan fingerprint density at radius 3 is 2.80 bits per heavy atom. The fourth-order valence-corrected chi connectivity index (χ4v) is 4.85. The maximum Gasteiger partial charge on any atom is 0.266 e. The van der Waals surface area contributed by atoms with Crippen LogP contribution in [0.1, 0.15) is 44.6 Å². The molecule has 1 N–H and O–H groups in total. The quantitative estimate of drug-likeness (QED) is 0.573. The molecule has 4 nitrogen and oxygen atoms in total. The standard InChI is InChI=1S/C18H20ClNO3S2/c1-2-23-14-9-11(8-13(19)16(14)21)10-15-17(22)20(18(24)25-15)12-6-4-3-5-7-12/h8-10,12,21H,2-7H2,1H3. The van der Waals surface area contributed by atoms with Gasteiger partial charge in [0, 0.05) is 6.04 Å². The molecule has 25 heavy (non-hydrogen) atoms. The number of hydrogen-bond acceptors (Lipinski definition) is 5. The minimum Gasteiger partial charge on any atom is -0.503 e. The third kappa shape index (κ3) is 3.96. The zero-order valence-corrected chi connectivity index (χ0v) is 16.3. The van der Waals surface area contributed by atoms with Crippen molar-refractivity contribution in [1.82, 2.24) is 4.90 Å². The molecule has 0 atom stereocenters. The summed E-state index contributed by atoms with van der Waals surface area (Å²) in [5.41, 5.74) is 0.704. The number of thioether (sulfide) groups is 1. The van der Waals surface area contributed by atoms with Gasteiger partial charge in [-0.2, -0.15) is 0 Å². The van der Waals surface area contributed by atoms with Crippen LogP contribution >= 0.6 is 35.6 Å². The van der Waals surface area contributed by atoms with Gasteiger partial charge in [-0.05, 0) is 43.5 Å². The van der Waals surface area contributed by atoms with Gasteiger partial charge in [0.1, 0.15) is 4.32 Å². The molecule has 0 spiro atoms. The van der Waals surface area contributed by atoms with Crippen LogP contribution in [0.4, 0.5) is 0 Å². The maximum absolute atomic E-state index is 12.8. The average molecular weight is 398 g/mol. The van der Waals surface area contributed by atoms with Crippen LogP contribution < -0.4 is 4.74 Å². The van der Waals surface area contributed by atoms with Crippen molar-refractivity contribution in [2.24, 2.45) is 0 Å². The Bertz CT molecular complexity index is 729. The van der Waals surface area contributed by atoms with Crippen molar-refractivity contribution >= 4 is 51.9 Å². The summed E-state index contributed by atoms with van der Waals surface area (Å²) in [6.07, 6.45) is 7.31. The number of phenolic OH excluding ortho intramolecular Hbond substituents is 1. The van der Waals surface area contributed by atoms with Crippen molar-refractivity contribution in [3.63, 3.8) is 0 Å². The number of thiocarbonyl (C=S) groups is 1. The molecule has 1 saturated carbocycles. The highest BCUT2D eigenvalue weighted by Gasteiger charge is 2.37. The van der Waals surface area contributed by atoms with E-state index in [1.807, 2.05) is 6.92 Å². The number of ether oxygens (including phenoxy) is 1. The third-order valence-corrected chi connectivity index (χ3v) is 6.03. The van der Waals surface area contributed by atoms with Gasteiger partial charge in [-0.25, -0.2) is 0 Å². The molecule has 1 aromatic carbocycles. The van der Waals surface area contributed by atoms with Crippen LogP contribution in [0.5, 0.6) is 11.5 Å². The van der Waals surface area contributed by atoms with Crippen molar-refractivity contribution in [3.8, 4) is 11.5 Å². The molecular formula is C18H20ClNO3S2. The van der Waals surface area contributed by atoms with E-state index in [9.17, 15) is 9.90 Å². The molecule has 2 aliphatic rings. The van der Waals surface area contributed by atoms with Crippen molar-refractivity contribution in [1.29, 1.82) is 0 Å². The van der Waals surface area contributed by atoms with Gasteiger partial charge in [0.25, 0.3) is 5.91 Å². The van der Waals surface area contributed by atoms with Crippen LogP contribution in [-0.4, -0.2) is 32.9 Å². The molecule has 0 aromatic heterocycles. The molecule has 1 amide bonds. The van der Waals surface area contributed by atoms with Gasteiger partial charge in [0.05, 0.1) is 16.5 Å². The topological polar surface area (TPSA) is 49.8 Å². The number of hydrogen-bond donors (Lipinski definition) is 1. The lowest BCUT2D eigenvalue weighted by molar-refractivity contribution is -0.124. The highest BCUT2D eigenvalue weighted by Crippen LogP contribution is 2.40. The number of halogens is 1. The minimum absolute atomic E-state index is 0.0379. The Kier molecular flexibility index (Phi) is 5.92. The summed E-state index contributed by atoms with van der Waals surface area (Å²) in [6, 6.07) is 3.51. The summed E-state index contributed by atoms with van der Waals surface area (Å²) < 4.78 is 6.02. The number of aromatic hydroxyl groups is 1. The van der Waals surface area contributed by atoms with Crippen LogP contribution in [0.3, 0.4) is 0 Å². The second-order valence-electron chi connectivity index (χ2n) is 6.13. The fourth-order valence-electron chi connectivity index (χ4n) is 3.23. The number of phenols is 1. The van der Waals surface area contributed by atoms with Crippen molar-refractivity contribution in [2.45, 2.75) is 45.1 Å². The van der Waals surface area contributed by atoms with E-state index in [0.29, 0.717) is 27.1 Å². The molecule has 0 bridgehead atoms. The molecule has 1 heterocycles. The lowest BCUT2D eigenvalue weighted by Gasteiger charge is -2.29. The number of amides is 1. The normalized spacial score (nSPS) is 20.6. The lowest BCUT2D eigenvalue weighted by Crippen LogP contribution is -2.39. The second-order valence-corrected chi connectivity index (χ2v) is 8.21. The highest BCUT2D eigenvalue weighted by atomic mass is 35.5. The molecule has 1 aromatic rings. The monoisotopic (exact) mass is 397 g/mol. The Morgan fingerprint density at radius 1 is 1.40 bits per heavy atom. The summed E-state index contributed by atoms with van der Waals surface area (Å²) in [6.45, 7) is 2.24. The minimum atomic E-state index is -0.0876. The van der Waals surface area contributed by atoms with E-state index in [-0.39, 0.29) is 22.7 Å². The SMILES string of the molecule is CCOc1cc(C=C2SC(=S)N(C3CCCCC3)C2=O)cc(Cl)c1O. The molecule has 0 unspecified atom stereocenters. The van der Waals surface area contributed by atoms with Gasteiger partial charge in [0.15, 0.2) is 11.5 Å². The summed E-state index contributed by atoms with van der Waals surface area (Å²) in [5.74, 6) is 0.184. The molecule has 1 aliphatic carbocycles. The summed E-state index contributed by atoms with van der Waals surface area (Å²) in [4.78, 5) is 15.2. The predicted molar refractivity (Wildman–Crippen MR) is 106 cm³/mol. The first-order chi connectivity index (χ1) is 12.0. The van der Waals surface area contributed by atoms with Gasteiger partial charge in [0.2, 0.25) is 0 Å². The van der Waals surface area contributed by atoms with Crippen LogP contribution in [0, 0.1) is 0 Å². The van der Waals surface area contributed by atoms with E-state index >= 15 is 0 Å². The third-order valence-electron chi connectivity index (χ3n) is 4.41. The van der Waals surface area contributed by atoms with Crippen LogP contribution in [0.15, 0.2) is 17.0 Å². The molecule has 1 aliphatic heterocycles. The Balaban J connectivity index is 1.86. The number of carbonyl (C=O) groups excluding carboxylic acids is 1. The summed E-state index contributed by atoms with van der Waals surface area (Å²) in [5, 5.41) is 10.1. The smallest absolute Gasteiger partial charge is 0.266 e. The largest absolute Gasteiger partial charge is 0.503 e. The highest BCUT2D eigenvalue weighted by molar-refractivity contribution is 8.26. The Morgan fingerprint density at radius 2 is 2.12 bits per heavy atom. The van der Waals surface area contributed by atoms with Crippen molar-refractivity contribution < 1.29 is 14.6 Å². The number of rotatable bonds is 4. The van der Waals surface area contributed by atoms with Crippen molar-refractivity contribution in [3.05, 3.63) is 27.6 Å². The lowest BCUT2D eigenvalue weighted by atomic mass is 9.94. The Labute approximate surface area is 162 Å². The van der Waals surface area contributed by atoms with E-state index < -0.39 is 0 Å². The van der Waals surface area contributed by atoms with Crippen molar-refractivity contribution in [2.75, 3.05) is 6.61 Å². The van der Waals surface area contributed by atoms with Gasteiger partial charge in [-0.1, -0.05) is 54.8 Å². The second kappa shape index (κ2) is 7.98. The maximum atomic E-state index is 12.8. The zero-order chi connectivity index (χ0) is 18.0. The molecule has 1 saturated heterocycles. The Hall–Kier alpha value is -1.24. The number of benzene rings is 1. The summed E-state index contributed by atoms with van der Waals surface area (Å²) >= 11 is 12.8. The molecular weight excluding hydrogens is 378 g/mol. The van der Waals surface area contributed by atoms with E-state index in [1.165, 1.54) is 18.2 Å². The van der Waals surface area contributed by atoms with Gasteiger partial charge in [-0.15, -0.1) is 0 Å². The van der Waals surface area contributed by atoms with Gasteiger partial charge < -0.3 is 9.84 Å². The fraction of sp³-hybridized carbons (Fsp3) is 0.444. The van der Waals surface area contributed by atoms with E-state index in [4.69, 9.17) is 28.6 Å². The predicted octanol–water partition coefficient (Wildman–Crippen LogP) is 4.98. The van der Waals surface area contributed by atoms with Crippen LogP contribution in [0.2, 0.25) is 5.02 Å². The van der Waals surface area contributed by atoms with Gasteiger partial charge >= 0.3 is 0 Å². The van der Waals surface area contributed by atoms with Gasteiger partial charge in [-0.3, -0.25) is 9.69 Å². The van der Waals surface area contributed by atoms with Crippen LogP contribution in [0.25, 0.3) is 6.08 Å². The molecule has 3 rings (SSSR count). The molecule has 134 valence electrons. The molecule has 7 heteroatoms. The first-order valence-corrected chi connectivity index (χ1v) is 10.0. The van der Waals surface area contributed by atoms with E-state index in [2.05, 4.69) is 0 Å². The zero-order valence-electron chi connectivity index (χ0n) is 14.0.